The second kappa shape index (κ2) is 4.98. The van der Waals surface area contributed by atoms with Crippen molar-refractivity contribution in [2.75, 3.05) is 0 Å². The van der Waals surface area contributed by atoms with Gasteiger partial charge in [-0.25, -0.2) is 4.39 Å². The highest BCUT2D eigenvalue weighted by Gasteiger charge is 2.09. The molecule has 0 radical (unpaired) electrons. The van der Waals surface area contributed by atoms with Gasteiger partial charge in [-0.1, -0.05) is 28.1 Å². The fraction of sp³-hybridized carbons (Fsp3) is 0.143. The van der Waals surface area contributed by atoms with E-state index in [4.69, 9.17) is 5.73 Å². The van der Waals surface area contributed by atoms with Crippen molar-refractivity contribution in [2.45, 2.75) is 13.5 Å². The molecule has 0 fully saturated rings. The Morgan fingerprint density at radius 3 is 2.59 bits per heavy atom. The molecule has 0 amide bonds. The predicted molar refractivity (Wildman–Crippen MR) is 72.2 cm³/mol. The van der Waals surface area contributed by atoms with Gasteiger partial charge in [0.1, 0.15) is 5.82 Å². The van der Waals surface area contributed by atoms with Crippen LogP contribution in [0.5, 0.6) is 0 Å². The maximum atomic E-state index is 13.8. The summed E-state index contributed by atoms with van der Waals surface area (Å²) in [7, 11) is 0. The van der Waals surface area contributed by atoms with Crippen LogP contribution in [0.25, 0.3) is 11.1 Å². The quantitative estimate of drug-likeness (QED) is 0.889. The standard InChI is InChI=1S/C14H13BrFN/c1-9-2-3-10(8-17)6-12(9)13-7-11(15)4-5-14(13)16/h2-7H,8,17H2,1H3. The molecule has 2 rings (SSSR count). The molecule has 0 atom stereocenters. The average Bonchev–Trinajstić information content (AvgIpc) is 2.33. The first-order chi connectivity index (χ1) is 8.11. The van der Waals surface area contributed by atoms with E-state index >= 15 is 0 Å². The SMILES string of the molecule is Cc1ccc(CN)cc1-c1cc(Br)ccc1F. The summed E-state index contributed by atoms with van der Waals surface area (Å²) < 4.78 is 14.7. The van der Waals surface area contributed by atoms with Crippen LogP contribution in [0, 0.1) is 12.7 Å². The molecule has 0 aliphatic heterocycles. The van der Waals surface area contributed by atoms with E-state index in [9.17, 15) is 4.39 Å². The second-order valence-corrected chi connectivity index (χ2v) is 4.89. The Kier molecular flexibility index (Phi) is 3.60. The first-order valence-electron chi connectivity index (χ1n) is 5.37. The smallest absolute Gasteiger partial charge is 0.131 e. The van der Waals surface area contributed by atoms with Gasteiger partial charge in [0.2, 0.25) is 0 Å². The highest BCUT2D eigenvalue weighted by Crippen LogP contribution is 2.29. The molecule has 2 aromatic rings. The topological polar surface area (TPSA) is 26.0 Å². The first-order valence-corrected chi connectivity index (χ1v) is 6.16. The number of halogens is 2. The second-order valence-electron chi connectivity index (χ2n) is 3.98. The van der Waals surface area contributed by atoms with Gasteiger partial charge in [0.15, 0.2) is 0 Å². The van der Waals surface area contributed by atoms with Crippen molar-refractivity contribution in [1.82, 2.24) is 0 Å². The maximum absolute atomic E-state index is 13.8. The van der Waals surface area contributed by atoms with Crippen molar-refractivity contribution in [2.24, 2.45) is 5.73 Å². The van der Waals surface area contributed by atoms with Crippen molar-refractivity contribution in [3.05, 3.63) is 57.8 Å². The lowest BCUT2D eigenvalue weighted by atomic mass is 9.98. The van der Waals surface area contributed by atoms with Crippen LogP contribution in [0.1, 0.15) is 11.1 Å². The number of hydrogen-bond acceptors (Lipinski definition) is 1. The number of rotatable bonds is 2. The van der Waals surface area contributed by atoms with E-state index in [-0.39, 0.29) is 5.82 Å². The molecule has 0 bridgehead atoms. The van der Waals surface area contributed by atoms with E-state index in [1.54, 1.807) is 12.1 Å². The van der Waals surface area contributed by atoms with E-state index in [0.717, 1.165) is 21.2 Å². The molecular formula is C14H13BrFN. The van der Waals surface area contributed by atoms with Crippen molar-refractivity contribution in [3.8, 4) is 11.1 Å². The van der Waals surface area contributed by atoms with Crippen molar-refractivity contribution >= 4 is 15.9 Å². The summed E-state index contributed by atoms with van der Waals surface area (Å²) in [6.07, 6.45) is 0. The molecule has 0 saturated heterocycles. The number of benzene rings is 2. The third-order valence-electron chi connectivity index (χ3n) is 2.76. The van der Waals surface area contributed by atoms with Crippen LogP contribution in [0.4, 0.5) is 4.39 Å². The van der Waals surface area contributed by atoms with E-state index < -0.39 is 0 Å². The largest absolute Gasteiger partial charge is 0.326 e. The fourth-order valence-corrected chi connectivity index (χ4v) is 2.15. The lowest BCUT2D eigenvalue weighted by Gasteiger charge is -2.10. The molecule has 0 saturated carbocycles. The summed E-state index contributed by atoms with van der Waals surface area (Å²) in [6.45, 7) is 2.43. The van der Waals surface area contributed by atoms with E-state index in [1.165, 1.54) is 6.07 Å². The molecule has 0 heterocycles. The molecule has 0 aromatic heterocycles. The van der Waals surface area contributed by atoms with Gasteiger partial charge in [-0.3, -0.25) is 0 Å². The Hall–Kier alpha value is -1.19. The minimum absolute atomic E-state index is 0.217. The zero-order chi connectivity index (χ0) is 12.4. The lowest BCUT2D eigenvalue weighted by molar-refractivity contribution is 0.631. The molecule has 88 valence electrons. The van der Waals surface area contributed by atoms with Gasteiger partial charge < -0.3 is 5.73 Å². The van der Waals surface area contributed by atoms with E-state index in [1.807, 2.05) is 25.1 Å². The molecule has 0 unspecified atom stereocenters. The highest BCUT2D eigenvalue weighted by molar-refractivity contribution is 9.10. The van der Waals surface area contributed by atoms with Gasteiger partial charge in [-0.15, -0.1) is 0 Å². The molecule has 17 heavy (non-hydrogen) atoms. The van der Waals surface area contributed by atoms with Crippen molar-refractivity contribution < 1.29 is 4.39 Å². The van der Waals surface area contributed by atoms with Gasteiger partial charge in [0.05, 0.1) is 0 Å². The van der Waals surface area contributed by atoms with E-state index in [0.29, 0.717) is 12.1 Å². The van der Waals surface area contributed by atoms with Gasteiger partial charge in [0, 0.05) is 16.6 Å². The average molecular weight is 294 g/mol. The number of aryl methyl sites for hydroxylation is 1. The minimum atomic E-state index is -0.217. The van der Waals surface area contributed by atoms with Crippen LogP contribution in [-0.4, -0.2) is 0 Å². The Bertz CT molecular complexity index is 552. The summed E-state index contributed by atoms with van der Waals surface area (Å²) in [5.41, 5.74) is 9.16. The third kappa shape index (κ3) is 2.56. The van der Waals surface area contributed by atoms with Crippen LogP contribution in [0.3, 0.4) is 0 Å². The maximum Gasteiger partial charge on any atom is 0.131 e. The van der Waals surface area contributed by atoms with Crippen LogP contribution < -0.4 is 5.73 Å². The number of hydrogen-bond donors (Lipinski definition) is 1. The van der Waals surface area contributed by atoms with Crippen LogP contribution in [0.15, 0.2) is 40.9 Å². The van der Waals surface area contributed by atoms with Crippen LogP contribution in [-0.2, 0) is 6.54 Å². The molecule has 2 aromatic carbocycles. The number of nitrogens with two attached hydrogens (primary N) is 1. The zero-order valence-electron chi connectivity index (χ0n) is 9.50. The summed E-state index contributed by atoms with van der Waals surface area (Å²) >= 11 is 3.36. The van der Waals surface area contributed by atoms with E-state index in [2.05, 4.69) is 15.9 Å². The molecule has 1 nitrogen and oxygen atoms in total. The molecule has 2 N–H and O–H groups in total. The molecular weight excluding hydrogens is 281 g/mol. The van der Waals surface area contributed by atoms with Crippen LogP contribution >= 0.6 is 15.9 Å². The highest BCUT2D eigenvalue weighted by atomic mass is 79.9. The van der Waals surface area contributed by atoms with Gasteiger partial charge >= 0.3 is 0 Å². The fourth-order valence-electron chi connectivity index (χ4n) is 1.79. The molecule has 0 spiro atoms. The van der Waals surface area contributed by atoms with Crippen molar-refractivity contribution in [3.63, 3.8) is 0 Å². The van der Waals surface area contributed by atoms with Crippen molar-refractivity contribution in [1.29, 1.82) is 0 Å². The normalized spacial score (nSPS) is 10.6. The zero-order valence-corrected chi connectivity index (χ0v) is 11.1. The summed E-state index contributed by atoms with van der Waals surface area (Å²) in [6, 6.07) is 10.8. The van der Waals surface area contributed by atoms with Gasteiger partial charge in [-0.2, -0.15) is 0 Å². The monoisotopic (exact) mass is 293 g/mol. The Morgan fingerprint density at radius 1 is 1.12 bits per heavy atom. The Morgan fingerprint density at radius 2 is 1.88 bits per heavy atom. The van der Waals surface area contributed by atoms with Crippen LogP contribution in [0.2, 0.25) is 0 Å². The lowest BCUT2D eigenvalue weighted by Crippen LogP contribution is -1.97. The predicted octanol–water partition coefficient (Wildman–Crippen LogP) is 4.02. The molecule has 3 heteroatoms. The summed E-state index contributed by atoms with van der Waals surface area (Å²) in [5.74, 6) is -0.217. The molecule has 0 aliphatic rings. The summed E-state index contributed by atoms with van der Waals surface area (Å²) in [5, 5.41) is 0. The van der Waals surface area contributed by atoms with Gasteiger partial charge in [-0.05, 0) is 47.9 Å². The molecule has 0 aliphatic carbocycles. The minimum Gasteiger partial charge on any atom is -0.326 e. The Balaban J connectivity index is 2.62. The third-order valence-corrected chi connectivity index (χ3v) is 3.25. The summed E-state index contributed by atoms with van der Waals surface area (Å²) in [4.78, 5) is 0. The van der Waals surface area contributed by atoms with Gasteiger partial charge in [0.25, 0.3) is 0 Å². The first kappa shape index (κ1) is 12.3. The Labute approximate surface area is 109 Å².